The standard InChI is InChI=1S/C17H18N4/c1-2-5-14(6-3-1)8-10-19-12-16-13-20-21-17(16)15-7-4-9-18-11-15/h1-7,9,11,13,19H,8,10,12H2,(H,20,21). The zero-order valence-electron chi connectivity index (χ0n) is 11.8. The van der Waals surface area contributed by atoms with Gasteiger partial charge < -0.3 is 5.32 Å². The highest BCUT2D eigenvalue weighted by molar-refractivity contribution is 5.61. The van der Waals surface area contributed by atoms with E-state index < -0.39 is 0 Å². The molecule has 3 aromatic rings. The molecule has 0 unspecified atom stereocenters. The van der Waals surface area contributed by atoms with Gasteiger partial charge in [0.2, 0.25) is 0 Å². The maximum atomic E-state index is 4.15. The van der Waals surface area contributed by atoms with E-state index >= 15 is 0 Å². The Hall–Kier alpha value is -2.46. The van der Waals surface area contributed by atoms with Gasteiger partial charge in [0.1, 0.15) is 0 Å². The predicted molar refractivity (Wildman–Crippen MR) is 83.7 cm³/mol. The van der Waals surface area contributed by atoms with E-state index in [1.807, 2.05) is 30.6 Å². The molecule has 0 spiro atoms. The molecule has 0 saturated heterocycles. The van der Waals surface area contributed by atoms with Crippen molar-refractivity contribution < 1.29 is 0 Å². The number of aromatic amines is 1. The number of nitrogens with one attached hydrogen (secondary N) is 2. The third-order valence-electron chi connectivity index (χ3n) is 3.42. The van der Waals surface area contributed by atoms with E-state index in [-0.39, 0.29) is 0 Å². The number of nitrogens with zero attached hydrogens (tertiary/aromatic N) is 2. The van der Waals surface area contributed by atoms with Crippen LogP contribution in [-0.4, -0.2) is 21.7 Å². The summed E-state index contributed by atoms with van der Waals surface area (Å²) in [5.41, 5.74) is 4.62. The SMILES string of the molecule is c1ccc(CCNCc2cn[nH]c2-c2cccnc2)cc1. The molecule has 3 rings (SSSR count). The second-order valence-corrected chi connectivity index (χ2v) is 4.92. The van der Waals surface area contributed by atoms with Crippen molar-refractivity contribution in [1.82, 2.24) is 20.5 Å². The summed E-state index contributed by atoms with van der Waals surface area (Å²) < 4.78 is 0. The van der Waals surface area contributed by atoms with Gasteiger partial charge in [0.05, 0.1) is 11.9 Å². The molecule has 0 fully saturated rings. The molecule has 0 amide bonds. The van der Waals surface area contributed by atoms with Crippen molar-refractivity contribution in [3.63, 3.8) is 0 Å². The van der Waals surface area contributed by atoms with Crippen molar-refractivity contribution in [1.29, 1.82) is 0 Å². The van der Waals surface area contributed by atoms with Crippen LogP contribution in [0.15, 0.2) is 61.1 Å². The molecule has 2 N–H and O–H groups in total. The van der Waals surface area contributed by atoms with E-state index in [1.54, 1.807) is 6.20 Å². The number of hydrogen-bond acceptors (Lipinski definition) is 3. The molecule has 0 bridgehead atoms. The summed E-state index contributed by atoms with van der Waals surface area (Å²) in [4.78, 5) is 4.15. The van der Waals surface area contributed by atoms with Crippen LogP contribution in [0.1, 0.15) is 11.1 Å². The van der Waals surface area contributed by atoms with Gasteiger partial charge in [0, 0.05) is 30.1 Å². The fourth-order valence-electron chi connectivity index (χ4n) is 2.31. The van der Waals surface area contributed by atoms with Crippen molar-refractivity contribution in [2.45, 2.75) is 13.0 Å². The average Bonchev–Trinajstić information content (AvgIpc) is 3.02. The molecule has 0 saturated carbocycles. The lowest BCUT2D eigenvalue weighted by molar-refractivity contribution is 0.688. The topological polar surface area (TPSA) is 53.6 Å². The smallest absolute Gasteiger partial charge is 0.0710 e. The largest absolute Gasteiger partial charge is 0.312 e. The summed E-state index contributed by atoms with van der Waals surface area (Å²) in [6.45, 7) is 1.75. The molecule has 2 aromatic heterocycles. The van der Waals surface area contributed by atoms with Crippen LogP contribution in [0.25, 0.3) is 11.3 Å². The van der Waals surface area contributed by atoms with Gasteiger partial charge in [0.25, 0.3) is 0 Å². The minimum atomic E-state index is 0.799. The highest BCUT2D eigenvalue weighted by atomic mass is 15.1. The van der Waals surface area contributed by atoms with E-state index in [1.165, 1.54) is 5.56 Å². The Kier molecular flexibility index (Phi) is 4.39. The number of aromatic nitrogens is 3. The minimum absolute atomic E-state index is 0.799. The fraction of sp³-hybridized carbons (Fsp3) is 0.176. The van der Waals surface area contributed by atoms with Gasteiger partial charge >= 0.3 is 0 Å². The van der Waals surface area contributed by atoms with Crippen LogP contribution in [-0.2, 0) is 13.0 Å². The van der Waals surface area contributed by atoms with Crippen LogP contribution in [0.2, 0.25) is 0 Å². The molecule has 0 aliphatic carbocycles. The van der Waals surface area contributed by atoms with Gasteiger partial charge in [-0.15, -0.1) is 0 Å². The molecule has 4 heteroatoms. The minimum Gasteiger partial charge on any atom is -0.312 e. The third kappa shape index (κ3) is 3.55. The van der Waals surface area contributed by atoms with Crippen LogP contribution >= 0.6 is 0 Å². The summed E-state index contributed by atoms with van der Waals surface area (Å²) in [7, 11) is 0. The molecular formula is C17H18N4. The summed E-state index contributed by atoms with van der Waals surface area (Å²) in [6, 6.07) is 14.5. The molecule has 0 aliphatic rings. The fourth-order valence-corrected chi connectivity index (χ4v) is 2.31. The Morgan fingerprint density at radius 2 is 1.90 bits per heavy atom. The van der Waals surface area contributed by atoms with E-state index in [0.717, 1.165) is 36.3 Å². The van der Waals surface area contributed by atoms with Crippen LogP contribution in [0.3, 0.4) is 0 Å². The lowest BCUT2D eigenvalue weighted by Crippen LogP contribution is -2.16. The molecule has 106 valence electrons. The quantitative estimate of drug-likeness (QED) is 0.682. The van der Waals surface area contributed by atoms with Gasteiger partial charge in [-0.3, -0.25) is 10.1 Å². The second kappa shape index (κ2) is 6.81. The van der Waals surface area contributed by atoms with Crippen molar-refractivity contribution in [3.05, 3.63) is 72.2 Å². The van der Waals surface area contributed by atoms with Crippen molar-refractivity contribution >= 4 is 0 Å². The third-order valence-corrected chi connectivity index (χ3v) is 3.42. The van der Waals surface area contributed by atoms with Gasteiger partial charge in [-0.05, 0) is 30.7 Å². The van der Waals surface area contributed by atoms with Gasteiger partial charge in [-0.2, -0.15) is 5.10 Å². The second-order valence-electron chi connectivity index (χ2n) is 4.92. The maximum Gasteiger partial charge on any atom is 0.0710 e. The van der Waals surface area contributed by atoms with Crippen molar-refractivity contribution in [2.24, 2.45) is 0 Å². The van der Waals surface area contributed by atoms with Crippen LogP contribution in [0.4, 0.5) is 0 Å². The van der Waals surface area contributed by atoms with Crippen molar-refractivity contribution in [3.8, 4) is 11.3 Å². The number of benzene rings is 1. The Labute approximate surface area is 124 Å². The van der Waals surface area contributed by atoms with E-state index in [0.29, 0.717) is 0 Å². The molecule has 4 nitrogen and oxygen atoms in total. The first-order valence-corrected chi connectivity index (χ1v) is 7.11. The summed E-state index contributed by atoms with van der Waals surface area (Å²) in [6.07, 6.45) is 6.53. The normalized spacial score (nSPS) is 10.7. The zero-order chi connectivity index (χ0) is 14.3. The lowest BCUT2D eigenvalue weighted by Gasteiger charge is -2.06. The summed E-state index contributed by atoms with van der Waals surface area (Å²) in [5.74, 6) is 0. The first kappa shape index (κ1) is 13.5. The average molecular weight is 278 g/mol. The van der Waals surface area contributed by atoms with E-state index in [4.69, 9.17) is 0 Å². The van der Waals surface area contributed by atoms with Crippen molar-refractivity contribution in [2.75, 3.05) is 6.54 Å². The molecule has 2 heterocycles. The highest BCUT2D eigenvalue weighted by Crippen LogP contribution is 2.19. The maximum absolute atomic E-state index is 4.15. The number of hydrogen-bond donors (Lipinski definition) is 2. The number of H-pyrrole nitrogens is 1. The molecule has 21 heavy (non-hydrogen) atoms. The Balaban J connectivity index is 1.56. The molecule has 1 aromatic carbocycles. The van der Waals surface area contributed by atoms with E-state index in [2.05, 4.69) is 44.8 Å². The number of pyridine rings is 1. The Morgan fingerprint density at radius 1 is 1.00 bits per heavy atom. The first-order valence-electron chi connectivity index (χ1n) is 7.11. The first-order chi connectivity index (χ1) is 10.4. The molecule has 0 atom stereocenters. The Morgan fingerprint density at radius 3 is 2.71 bits per heavy atom. The van der Waals surface area contributed by atoms with Crippen LogP contribution < -0.4 is 5.32 Å². The highest BCUT2D eigenvalue weighted by Gasteiger charge is 2.06. The molecule has 0 radical (unpaired) electrons. The summed E-state index contributed by atoms with van der Waals surface area (Å²) >= 11 is 0. The summed E-state index contributed by atoms with van der Waals surface area (Å²) in [5, 5.41) is 10.7. The zero-order valence-corrected chi connectivity index (χ0v) is 11.8. The van der Waals surface area contributed by atoms with Gasteiger partial charge in [0.15, 0.2) is 0 Å². The van der Waals surface area contributed by atoms with Crippen LogP contribution in [0.5, 0.6) is 0 Å². The van der Waals surface area contributed by atoms with Gasteiger partial charge in [-0.25, -0.2) is 0 Å². The lowest BCUT2D eigenvalue weighted by atomic mass is 10.1. The van der Waals surface area contributed by atoms with Gasteiger partial charge in [-0.1, -0.05) is 30.3 Å². The number of rotatable bonds is 6. The van der Waals surface area contributed by atoms with Crippen LogP contribution in [0, 0.1) is 0 Å². The van der Waals surface area contributed by atoms with E-state index in [9.17, 15) is 0 Å². The molecular weight excluding hydrogens is 260 g/mol. The monoisotopic (exact) mass is 278 g/mol. The Bertz CT molecular complexity index is 662. The molecule has 0 aliphatic heterocycles. The predicted octanol–water partition coefficient (Wildman–Crippen LogP) is 2.80.